The zero-order valence-electron chi connectivity index (χ0n) is 11.9. The van der Waals surface area contributed by atoms with Crippen molar-refractivity contribution in [2.75, 3.05) is 6.54 Å². The maximum absolute atomic E-state index is 13.4. The van der Waals surface area contributed by atoms with E-state index in [2.05, 4.69) is 21.2 Å². The fourth-order valence-corrected chi connectivity index (χ4v) is 2.12. The quantitative estimate of drug-likeness (QED) is 0.585. The minimum absolute atomic E-state index is 0.0366. The predicted molar refractivity (Wildman–Crippen MR) is 79.1 cm³/mol. The molecule has 1 amide bonds. The van der Waals surface area contributed by atoms with Crippen LogP contribution in [0.5, 0.6) is 0 Å². The largest absolute Gasteiger partial charge is 0.481 e. The van der Waals surface area contributed by atoms with E-state index in [4.69, 9.17) is 5.11 Å². The number of halogens is 2. The minimum Gasteiger partial charge on any atom is -0.481 e. The van der Waals surface area contributed by atoms with Crippen molar-refractivity contribution in [2.24, 2.45) is 5.41 Å². The smallest absolute Gasteiger partial charge is 0.309 e. The maximum atomic E-state index is 13.4. The number of nitrogens with one attached hydrogen (secondary N) is 1. The average Bonchev–Trinajstić information content (AvgIpc) is 2.40. The molecule has 0 heterocycles. The number of rotatable bonds is 6. The van der Waals surface area contributed by atoms with E-state index in [9.17, 15) is 24.1 Å². The summed E-state index contributed by atoms with van der Waals surface area (Å²) >= 11 is 2.91. The van der Waals surface area contributed by atoms with Gasteiger partial charge in [0.05, 0.1) is 22.0 Å². The lowest BCUT2D eigenvalue weighted by atomic mass is 9.90. The second kappa shape index (κ2) is 6.82. The second-order valence-electron chi connectivity index (χ2n) is 5.24. The van der Waals surface area contributed by atoms with Gasteiger partial charge in [-0.25, -0.2) is 4.39 Å². The SMILES string of the molecule is CC(C)(CCNC(=O)c1cc(F)cc([N+](=O)[O-])c1Br)C(=O)O. The van der Waals surface area contributed by atoms with Crippen molar-refractivity contribution in [3.63, 3.8) is 0 Å². The Morgan fingerprint density at radius 2 is 2.05 bits per heavy atom. The monoisotopic (exact) mass is 376 g/mol. The zero-order chi connectivity index (χ0) is 17.1. The highest BCUT2D eigenvalue weighted by atomic mass is 79.9. The van der Waals surface area contributed by atoms with Crippen LogP contribution in [0.25, 0.3) is 0 Å². The number of nitro groups is 1. The number of hydrogen-bond donors (Lipinski definition) is 2. The van der Waals surface area contributed by atoms with E-state index in [1.807, 2.05) is 0 Å². The topological polar surface area (TPSA) is 110 Å². The molecule has 0 unspecified atom stereocenters. The number of carbonyl (C=O) groups excluding carboxylic acids is 1. The zero-order valence-corrected chi connectivity index (χ0v) is 13.4. The molecule has 1 rings (SSSR count). The van der Waals surface area contributed by atoms with Gasteiger partial charge in [-0.15, -0.1) is 0 Å². The molecule has 0 atom stereocenters. The lowest BCUT2D eigenvalue weighted by Gasteiger charge is -2.19. The number of hydrogen-bond acceptors (Lipinski definition) is 4. The summed E-state index contributed by atoms with van der Waals surface area (Å²) in [5, 5.41) is 22.2. The first-order valence-electron chi connectivity index (χ1n) is 6.21. The Labute approximate surface area is 133 Å². The summed E-state index contributed by atoms with van der Waals surface area (Å²) in [6, 6.07) is 1.57. The molecule has 0 saturated carbocycles. The predicted octanol–water partition coefficient (Wildman–Crippen LogP) is 2.73. The second-order valence-corrected chi connectivity index (χ2v) is 6.03. The Morgan fingerprint density at radius 1 is 1.45 bits per heavy atom. The molecule has 0 aliphatic rings. The summed E-state index contributed by atoms with van der Waals surface area (Å²) in [7, 11) is 0. The highest BCUT2D eigenvalue weighted by Gasteiger charge is 2.27. The van der Waals surface area contributed by atoms with Crippen molar-refractivity contribution in [3.8, 4) is 0 Å². The van der Waals surface area contributed by atoms with Crippen LogP contribution in [-0.2, 0) is 4.79 Å². The van der Waals surface area contributed by atoms with Crippen molar-refractivity contribution in [3.05, 3.63) is 38.1 Å². The molecule has 0 spiro atoms. The van der Waals surface area contributed by atoms with E-state index in [1.165, 1.54) is 13.8 Å². The molecule has 0 aromatic heterocycles. The Morgan fingerprint density at radius 3 is 2.55 bits per heavy atom. The van der Waals surface area contributed by atoms with Crippen LogP contribution in [0.3, 0.4) is 0 Å². The normalized spacial score (nSPS) is 11.1. The first kappa shape index (κ1) is 18.0. The third kappa shape index (κ3) is 4.23. The fraction of sp³-hybridized carbons (Fsp3) is 0.385. The Bertz CT molecular complexity index is 633. The lowest BCUT2D eigenvalue weighted by Crippen LogP contribution is -2.32. The van der Waals surface area contributed by atoms with Gasteiger partial charge in [0.2, 0.25) is 0 Å². The summed E-state index contributed by atoms with van der Waals surface area (Å²) in [6.07, 6.45) is 0.156. The molecular formula is C13H14BrFN2O5. The van der Waals surface area contributed by atoms with E-state index >= 15 is 0 Å². The van der Waals surface area contributed by atoms with E-state index in [1.54, 1.807) is 0 Å². The Balaban J connectivity index is 2.87. The molecule has 9 heteroatoms. The summed E-state index contributed by atoms with van der Waals surface area (Å²) in [5.41, 5.74) is -1.81. The van der Waals surface area contributed by atoms with Crippen LogP contribution in [0, 0.1) is 21.3 Å². The van der Waals surface area contributed by atoms with Crippen LogP contribution in [0.2, 0.25) is 0 Å². The maximum Gasteiger partial charge on any atom is 0.309 e. The third-order valence-corrected chi connectivity index (χ3v) is 3.91. The van der Waals surface area contributed by atoms with Gasteiger partial charge in [-0.1, -0.05) is 0 Å². The van der Waals surface area contributed by atoms with E-state index in [-0.39, 0.29) is 23.0 Å². The Kier molecular flexibility index (Phi) is 5.59. The first-order valence-corrected chi connectivity index (χ1v) is 7.00. The number of nitrogens with zero attached hydrogens (tertiary/aromatic N) is 1. The van der Waals surface area contributed by atoms with Gasteiger partial charge >= 0.3 is 5.97 Å². The van der Waals surface area contributed by atoms with Crippen LogP contribution in [0.4, 0.5) is 10.1 Å². The molecule has 22 heavy (non-hydrogen) atoms. The molecule has 2 N–H and O–H groups in total. The number of amides is 1. The van der Waals surface area contributed by atoms with Gasteiger partial charge in [-0.05, 0) is 42.3 Å². The highest BCUT2D eigenvalue weighted by Crippen LogP contribution is 2.29. The van der Waals surface area contributed by atoms with Gasteiger partial charge in [0.15, 0.2) is 0 Å². The molecule has 1 aromatic rings. The Hall–Kier alpha value is -2.03. The fourth-order valence-electron chi connectivity index (χ4n) is 1.56. The van der Waals surface area contributed by atoms with Gasteiger partial charge in [-0.3, -0.25) is 19.7 Å². The van der Waals surface area contributed by atoms with Gasteiger partial charge < -0.3 is 10.4 Å². The molecule has 1 aromatic carbocycles. The van der Waals surface area contributed by atoms with Crippen LogP contribution in [0.15, 0.2) is 16.6 Å². The number of benzene rings is 1. The van der Waals surface area contributed by atoms with Gasteiger partial charge in [0, 0.05) is 6.54 Å². The molecular weight excluding hydrogens is 363 g/mol. The van der Waals surface area contributed by atoms with E-state index in [0.717, 1.165) is 6.07 Å². The molecule has 7 nitrogen and oxygen atoms in total. The molecule has 120 valence electrons. The van der Waals surface area contributed by atoms with Gasteiger partial charge in [-0.2, -0.15) is 0 Å². The van der Waals surface area contributed by atoms with Crippen molar-refractivity contribution in [1.29, 1.82) is 0 Å². The van der Waals surface area contributed by atoms with Crippen molar-refractivity contribution in [2.45, 2.75) is 20.3 Å². The number of nitro benzene ring substituents is 1. The summed E-state index contributed by atoms with van der Waals surface area (Å²) in [4.78, 5) is 32.9. The molecule has 0 saturated heterocycles. The van der Waals surface area contributed by atoms with Crippen LogP contribution in [-0.4, -0.2) is 28.5 Å². The number of carboxylic acid groups (broad SMARTS) is 1. The molecule has 0 bridgehead atoms. The molecule has 0 radical (unpaired) electrons. The highest BCUT2D eigenvalue weighted by molar-refractivity contribution is 9.10. The van der Waals surface area contributed by atoms with E-state index < -0.39 is 33.7 Å². The standard InChI is InChI=1S/C13H14BrFN2O5/c1-13(2,12(19)20)3-4-16-11(18)8-5-7(15)6-9(10(8)14)17(21)22/h5-6H,3-4H2,1-2H3,(H,16,18)(H,19,20). The summed E-state index contributed by atoms with van der Waals surface area (Å²) < 4.78 is 13.2. The number of carbonyl (C=O) groups is 2. The van der Waals surface area contributed by atoms with Crippen molar-refractivity contribution >= 4 is 33.5 Å². The van der Waals surface area contributed by atoms with Crippen LogP contribution >= 0.6 is 15.9 Å². The lowest BCUT2D eigenvalue weighted by molar-refractivity contribution is -0.385. The molecule has 0 fully saturated rings. The number of carboxylic acids is 1. The first-order chi connectivity index (χ1) is 10.1. The van der Waals surface area contributed by atoms with Crippen LogP contribution < -0.4 is 5.32 Å². The van der Waals surface area contributed by atoms with E-state index in [0.29, 0.717) is 6.07 Å². The number of aliphatic carboxylic acids is 1. The summed E-state index contributed by atoms with van der Waals surface area (Å²) in [5.74, 6) is -2.65. The van der Waals surface area contributed by atoms with Crippen molar-refractivity contribution < 1.29 is 24.0 Å². The molecule has 0 aliphatic heterocycles. The van der Waals surface area contributed by atoms with Gasteiger partial charge in [0.1, 0.15) is 10.3 Å². The average molecular weight is 377 g/mol. The van der Waals surface area contributed by atoms with Crippen molar-refractivity contribution in [1.82, 2.24) is 5.32 Å². The molecule has 0 aliphatic carbocycles. The van der Waals surface area contributed by atoms with Gasteiger partial charge in [0.25, 0.3) is 11.6 Å². The third-order valence-electron chi connectivity index (χ3n) is 3.07. The van der Waals surface area contributed by atoms with Crippen LogP contribution in [0.1, 0.15) is 30.6 Å². The minimum atomic E-state index is -1.03. The summed E-state index contributed by atoms with van der Waals surface area (Å²) in [6.45, 7) is 3.05.